The normalized spacial score (nSPS) is 29.4. The highest BCUT2D eigenvalue weighted by molar-refractivity contribution is 6.04. The van der Waals surface area contributed by atoms with Crippen LogP contribution in [0.1, 0.15) is 67.2 Å². The summed E-state index contributed by atoms with van der Waals surface area (Å²) < 4.78 is 24.6. The molecule has 10 nitrogen and oxygen atoms in total. The first-order valence-corrected chi connectivity index (χ1v) is 15.7. The van der Waals surface area contributed by atoms with Crippen molar-refractivity contribution < 1.29 is 33.6 Å². The van der Waals surface area contributed by atoms with Crippen molar-refractivity contribution in [1.82, 2.24) is 14.7 Å². The van der Waals surface area contributed by atoms with Crippen molar-refractivity contribution in [3.63, 3.8) is 0 Å². The third kappa shape index (κ3) is 9.68. The van der Waals surface area contributed by atoms with E-state index >= 15 is 0 Å². The Balaban J connectivity index is 2.30. The predicted molar refractivity (Wildman–Crippen MR) is 164 cm³/mol. The Bertz CT molecular complexity index is 869. The lowest BCUT2D eigenvalue weighted by Gasteiger charge is -2.47. The Morgan fingerprint density at radius 1 is 1.14 bits per heavy atom. The summed E-state index contributed by atoms with van der Waals surface area (Å²) >= 11 is 0. The van der Waals surface area contributed by atoms with Crippen molar-refractivity contribution >= 4 is 11.8 Å². The Hall–Kier alpha value is -1.14. The van der Waals surface area contributed by atoms with Crippen LogP contribution in [0.4, 0.5) is 0 Å². The number of likely N-dealkylation sites (N-methyl/N-ethyl adjacent to an activating group) is 1. The van der Waals surface area contributed by atoms with E-state index in [-0.39, 0.29) is 23.8 Å². The second-order valence-electron chi connectivity index (χ2n) is 14.3. The van der Waals surface area contributed by atoms with Crippen LogP contribution in [0, 0.1) is 23.2 Å². The number of likely N-dealkylation sites (tertiary alicyclic amines) is 1. The summed E-state index contributed by atoms with van der Waals surface area (Å²) in [6, 6.07) is -0.169. The first-order valence-electron chi connectivity index (χ1n) is 15.7. The largest absolute Gasteiger partial charge is 0.465 e. The monoisotopic (exact) mass is 599 g/mol. The van der Waals surface area contributed by atoms with E-state index in [1.165, 1.54) is 0 Å². The lowest BCUT2D eigenvalue weighted by Crippen LogP contribution is -2.59. The fourth-order valence-electron chi connectivity index (χ4n) is 6.85. The number of ether oxygens (including phenoxy) is 4. The Labute approximate surface area is 255 Å². The zero-order valence-electron chi connectivity index (χ0n) is 28.5. The number of aliphatic hydroxyl groups excluding tert-OH is 1. The van der Waals surface area contributed by atoms with Crippen LogP contribution >= 0.6 is 0 Å². The number of rotatable bonds is 16. The third-order valence-corrected chi connectivity index (χ3v) is 9.30. The summed E-state index contributed by atoms with van der Waals surface area (Å²) in [6.07, 6.45) is 0.309. The van der Waals surface area contributed by atoms with Crippen molar-refractivity contribution in [2.75, 3.05) is 68.6 Å². The number of Topliss-reactive ketones (excluding diaryl/α,β-unsaturated/α-hetero) is 1. The maximum atomic E-state index is 14.1. The molecule has 2 fully saturated rings. The number of methoxy groups -OCH3 is 1. The molecule has 0 aromatic heterocycles. The van der Waals surface area contributed by atoms with Crippen LogP contribution in [0.5, 0.6) is 0 Å². The van der Waals surface area contributed by atoms with Crippen LogP contribution in [0.25, 0.3) is 0 Å². The van der Waals surface area contributed by atoms with Gasteiger partial charge in [-0.2, -0.15) is 0 Å². The zero-order chi connectivity index (χ0) is 32.0. The molecule has 10 heteroatoms. The van der Waals surface area contributed by atoms with Gasteiger partial charge in [-0.15, -0.1) is 0 Å². The van der Waals surface area contributed by atoms with Crippen LogP contribution in [0.3, 0.4) is 0 Å². The van der Waals surface area contributed by atoms with Crippen LogP contribution in [-0.4, -0.2) is 136 Å². The van der Waals surface area contributed by atoms with Gasteiger partial charge in [-0.05, 0) is 107 Å². The molecule has 2 rings (SSSR count). The van der Waals surface area contributed by atoms with Gasteiger partial charge in [-0.1, -0.05) is 13.8 Å². The van der Waals surface area contributed by atoms with Crippen LogP contribution in [-0.2, 0) is 28.5 Å². The number of carbonyl (C=O) groups excluding carboxylic acids is 2. The van der Waals surface area contributed by atoms with Gasteiger partial charge >= 0.3 is 5.97 Å². The van der Waals surface area contributed by atoms with Gasteiger partial charge in [0, 0.05) is 32.2 Å². The molecule has 0 amide bonds. The van der Waals surface area contributed by atoms with Crippen LogP contribution in [0.2, 0.25) is 0 Å². The summed E-state index contributed by atoms with van der Waals surface area (Å²) in [4.78, 5) is 33.8. The maximum Gasteiger partial charge on any atom is 0.319 e. The topological polar surface area (TPSA) is 101 Å². The minimum absolute atomic E-state index is 0.148. The molecule has 2 aliphatic rings. The molecule has 2 aliphatic heterocycles. The highest BCUT2D eigenvalue weighted by Gasteiger charge is 2.51. The average molecular weight is 600 g/mol. The van der Waals surface area contributed by atoms with Gasteiger partial charge in [0.1, 0.15) is 11.5 Å². The number of esters is 1. The first-order chi connectivity index (χ1) is 19.4. The van der Waals surface area contributed by atoms with Crippen LogP contribution in [0.15, 0.2) is 0 Å². The molecule has 2 heterocycles. The highest BCUT2D eigenvalue weighted by Crippen LogP contribution is 2.38. The number of nitrogens with zero attached hydrogens (tertiary/aromatic N) is 3. The van der Waals surface area contributed by atoms with Crippen LogP contribution < -0.4 is 0 Å². The van der Waals surface area contributed by atoms with E-state index in [0.717, 1.165) is 32.5 Å². The van der Waals surface area contributed by atoms with Gasteiger partial charge in [0.05, 0.1) is 24.4 Å². The van der Waals surface area contributed by atoms with Crippen molar-refractivity contribution in [2.45, 2.75) is 103 Å². The second kappa shape index (κ2) is 15.7. The van der Waals surface area contributed by atoms with E-state index in [1.54, 1.807) is 27.9 Å². The quantitative estimate of drug-likeness (QED) is 0.211. The van der Waals surface area contributed by atoms with Crippen molar-refractivity contribution in [2.24, 2.45) is 23.2 Å². The van der Waals surface area contributed by atoms with Crippen molar-refractivity contribution in [1.29, 1.82) is 0 Å². The molecule has 0 spiro atoms. The number of hydrogen-bond donors (Lipinski definition) is 1. The molecule has 1 N–H and O–H groups in total. The fourth-order valence-corrected chi connectivity index (χ4v) is 6.85. The Morgan fingerprint density at radius 3 is 2.31 bits per heavy atom. The summed E-state index contributed by atoms with van der Waals surface area (Å²) in [7, 11) is 11.6. The molecule has 0 aliphatic carbocycles. The van der Waals surface area contributed by atoms with Gasteiger partial charge in [0.25, 0.3) is 0 Å². The van der Waals surface area contributed by atoms with Crippen molar-refractivity contribution in [3.05, 3.63) is 0 Å². The summed E-state index contributed by atoms with van der Waals surface area (Å²) in [5.41, 5.74) is -2.29. The number of aliphatic hydroxyl groups is 1. The molecule has 0 aromatic carbocycles. The SMILES string of the molecule is CO[C@](C)(C[C@@H](C)CN(C)C)[C@H](O[C@@H]1O[C@H](C)C[C@H](N(C)C)[C@H]1O)[C@@H](C)C(=O)C(C)(C)C(=O)OCC[C@@H]1CCN(C)C1. The van der Waals surface area contributed by atoms with E-state index in [0.29, 0.717) is 25.4 Å². The maximum absolute atomic E-state index is 14.1. The molecule has 2 saturated heterocycles. The minimum atomic E-state index is -1.39. The molecule has 0 unspecified atom stereocenters. The minimum Gasteiger partial charge on any atom is -0.465 e. The number of hydrogen-bond acceptors (Lipinski definition) is 10. The summed E-state index contributed by atoms with van der Waals surface area (Å²) in [5.74, 6) is -0.848. The molecule has 42 heavy (non-hydrogen) atoms. The van der Waals surface area contributed by atoms with E-state index in [1.807, 2.05) is 46.9 Å². The number of ketones is 1. The molecule has 0 aromatic rings. The van der Waals surface area contributed by atoms with Gasteiger partial charge in [0.2, 0.25) is 0 Å². The van der Waals surface area contributed by atoms with E-state index in [4.69, 9.17) is 18.9 Å². The van der Waals surface area contributed by atoms with E-state index in [2.05, 4.69) is 23.8 Å². The molecule has 0 bridgehead atoms. The lowest BCUT2D eigenvalue weighted by molar-refractivity contribution is -0.295. The predicted octanol–water partition coefficient (Wildman–Crippen LogP) is 2.91. The standard InChI is InChI=1S/C32H61N3O7/c1-21(19-33(7)8)18-32(6,39-12)28(42-29-26(36)25(34(9)10)17-22(2)41-29)23(3)27(37)31(4,5)30(38)40-16-14-24-13-15-35(11)20-24/h21-26,28-29,36H,13-20H2,1-12H3/t21-,22-,23+,24+,25+,26-,28-,29+,32-/m1/s1. The molecular weight excluding hydrogens is 538 g/mol. The highest BCUT2D eigenvalue weighted by atomic mass is 16.7. The van der Waals surface area contributed by atoms with Crippen molar-refractivity contribution in [3.8, 4) is 0 Å². The number of carbonyl (C=O) groups is 2. The van der Waals surface area contributed by atoms with E-state index < -0.39 is 41.4 Å². The summed E-state index contributed by atoms with van der Waals surface area (Å²) in [5, 5.41) is 11.3. The van der Waals surface area contributed by atoms with Gasteiger partial charge in [-0.25, -0.2) is 0 Å². The van der Waals surface area contributed by atoms with E-state index in [9.17, 15) is 14.7 Å². The fraction of sp³-hybridized carbons (Fsp3) is 0.938. The first kappa shape index (κ1) is 37.0. The molecule has 246 valence electrons. The average Bonchev–Trinajstić information content (AvgIpc) is 3.31. The molecule has 9 atom stereocenters. The third-order valence-electron chi connectivity index (χ3n) is 9.30. The Kier molecular flexibility index (Phi) is 13.9. The second-order valence-corrected chi connectivity index (χ2v) is 14.3. The zero-order valence-corrected chi connectivity index (χ0v) is 28.5. The van der Waals surface area contributed by atoms with Gasteiger partial charge in [0.15, 0.2) is 12.1 Å². The Morgan fingerprint density at radius 2 is 1.79 bits per heavy atom. The molecular formula is C32H61N3O7. The lowest BCUT2D eigenvalue weighted by atomic mass is 9.74. The molecule has 0 radical (unpaired) electrons. The smallest absolute Gasteiger partial charge is 0.319 e. The van der Waals surface area contributed by atoms with Gasteiger partial charge in [-0.3, -0.25) is 9.59 Å². The molecule has 0 saturated carbocycles. The van der Waals surface area contributed by atoms with Gasteiger partial charge < -0.3 is 38.8 Å². The summed E-state index contributed by atoms with van der Waals surface area (Å²) in [6.45, 7) is 14.3.